The second-order valence-electron chi connectivity index (χ2n) is 7.78. The minimum atomic E-state index is -0.431. The predicted octanol–water partition coefficient (Wildman–Crippen LogP) is 2.04. The fourth-order valence-corrected chi connectivity index (χ4v) is 4.23. The van der Waals surface area contributed by atoms with Gasteiger partial charge in [0.05, 0.1) is 5.69 Å². The molecule has 0 bridgehead atoms. The van der Waals surface area contributed by atoms with Gasteiger partial charge >= 0.3 is 0 Å². The van der Waals surface area contributed by atoms with Crippen molar-refractivity contribution in [3.8, 4) is 11.3 Å². The third-order valence-corrected chi connectivity index (χ3v) is 5.91. The van der Waals surface area contributed by atoms with Gasteiger partial charge in [-0.3, -0.25) is 19.4 Å². The zero-order chi connectivity index (χ0) is 21.1. The average Bonchev–Trinajstić information content (AvgIpc) is 3.28. The summed E-state index contributed by atoms with van der Waals surface area (Å²) < 4.78 is 0. The summed E-state index contributed by atoms with van der Waals surface area (Å²) >= 11 is 0. The van der Waals surface area contributed by atoms with Gasteiger partial charge in [0.25, 0.3) is 5.91 Å². The van der Waals surface area contributed by atoms with Gasteiger partial charge in [-0.05, 0) is 37.1 Å². The molecule has 1 unspecified atom stereocenters. The van der Waals surface area contributed by atoms with Crippen molar-refractivity contribution in [1.29, 1.82) is 0 Å². The van der Waals surface area contributed by atoms with Crippen LogP contribution in [0.5, 0.6) is 0 Å². The third kappa shape index (κ3) is 4.06. The topological polar surface area (TPSA) is 73.8 Å². The number of amides is 3. The maximum atomic E-state index is 13.3. The van der Waals surface area contributed by atoms with Gasteiger partial charge < -0.3 is 14.7 Å². The number of piperazine rings is 1. The predicted molar refractivity (Wildman–Crippen MR) is 113 cm³/mol. The number of rotatable bonds is 3. The Labute approximate surface area is 176 Å². The van der Waals surface area contributed by atoms with Crippen LogP contribution in [0.4, 0.5) is 0 Å². The van der Waals surface area contributed by atoms with E-state index >= 15 is 0 Å². The van der Waals surface area contributed by atoms with Crippen LogP contribution in [0.2, 0.25) is 0 Å². The summed E-state index contributed by atoms with van der Waals surface area (Å²) in [4.78, 5) is 47.5. The van der Waals surface area contributed by atoms with Crippen LogP contribution in [-0.4, -0.2) is 76.2 Å². The summed E-state index contributed by atoms with van der Waals surface area (Å²) in [6.07, 6.45) is 3.22. The molecule has 2 saturated heterocycles. The van der Waals surface area contributed by atoms with Gasteiger partial charge in [0.1, 0.15) is 6.04 Å². The van der Waals surface area contributed by atoms with E-state index in [1.165, 1.54) is 0 Å². The number of hydrogen-bond donors (Lipinski definition) is 0. The third-order valence-electron chi connectivity index (χ3n) is 5.91. The molecule has 2 aromatic rings. The van der Waals surface area contributed by atoms with E-state index in [0.29, 0.717) is 44.7 Å². The van der Waals surface area contributed by atoms with Gasteiger partial charge in [-0.15, -0.1) is 0 Å². The molecule has 1 aromatic heterocycles. The molecule has 30 heavy (non-hydrogen) atoms. The number of carbonyl (C=O) groups excluding carboxylic acids is 3. The molecule has 3 heterocycles. The molecular weight excluding hydrogens is 380 g/mol. The SMILES string of the molecule is CC(=O)N1CCN(C(=O)C2CCCN2C(=O)c2cccc(-c3ccccn3)c2)CC1. The summed E-state index contributed by atoms with van der Waals surface area (Å²) in [6.45, 7) is 4.27. The van der Waals surface area contributed by atoms with Crippen molar-refractivity contribution >= 4 is 17.7 Å². The van der Waals surface area contributed by atoms with E-state index in [9.17, 15) is 14.4 Å². The number of aromatic nitrogens is 1. The van der Waals surface area contributed by atoms with E-state index in [1.54, 1.807) is 33.9 Å². The van der Waals surface area contributed by atoms with Crippen LogP contribution >= 0.6 is 0 Å². The zero-order valence-corrected chi connectivity index (χ0v) is 17.2. The van der Waals surface area contributed by atoms with Crippen LogP contribution in [0.25, 0.3) is 11.3 Å². The summed E-state index contributed by atoms with van der Waals surface area (Å²) in [7, 11) is 0. The van der Waals surface area contributed by atoms with Crippen LogP contribution in [0, 0.1) is 0 Å². The molecule has 0 aliphatic carbocycles. The molecule has 2 aliphatic heterocycles. The molecular formula is C23H26N4O3. The molecule has 0 radical (unpaired) electrons. The Morgan fingerprint density at radius 1 is 0.933 bits per heavy atom. The number of pyridine rings is 1. The second kappa shape index (κ2) is 8.65. The van der Waals surface area contributed by atoms with E-state index in [2.05, 4.69) is 4.98 Å². The molecule has 0 spiro atoms. The molecule has 2 fully saturated rings. The Hall–Kier alpha value is -3.22. The quantitative estimate of drug-likeness (QED) is 0.782. The van der Waals surface area contributed by atoms with Crippen LogP contribution in [0.15, 0.2) is 48.7 Å². The first kappa shape index (κ1) is 20.1. The molecule has 7 heteroatoms. The smallest absolute Gasteiger partial charge is 0.254 e. The molecule has 0 N–H and O–H groups in total. The lowest BCUT2D eigenvalue weighted by Crippen LogP contribution is -2.55. The van der Waals surface area contributed by atoms with Gasteiger partial charge in [-0.25, -0.2) is 0 Å². The normalized spacial score (nSPS) is 19.1. The van der Waals surface area contributed by atoms with Crippen LogP contribution in [0.1, 0.15) is 30.1 Å². The van der Waals surface area contributed by atoms with Gasteiger partial charge in [-0.2, -0.15) is 0 Å². The minimum absolute atomic E-state index is 0.00932. The second-order valence-corrected chi connectivity index (χ2v) is 7.78. The van der Waals surface area contributed by atoms with Gasteiger partial charge in [0, 0.05) is 57.0 Å². The van der Waals surface area contributed by atoms with Crippen molar-refractivity contribution in [3.63, 3.8) is 0 Å². The van der Waals surface area contributed by atoms with E-state index in [1.807, 2.05) is 36.4 Å². The van der Waals surface area contributed by atoms with Crippen LogP contribution in [0.3, 0.4) is 0 Å². The monoisotopic (exact) mass is 406 g/mol. The van der Waals surface area contributed by atoms with Gasteiger partial charge in [0.2, 0.25) is 11.8 Å². The number of benzene rings is 1. The van der Waals surface area contributed by atoms with Crippen molar-refractivity contribution in [2.75, 3.05) is 32.7 Å². The highest BCUT2D eigenvalue weighted by Crippen LogP contribution is 2.25. The Kier molecular flexibility index (Phi) is 5.79. The molecule has 0 saturated carbocycles. The van der Waals surface area contributed by atoms with Crippen LogP contribution in [-0.2, 0) is 9.59 Å². The Morgan fingerprint density at radius 3 is 2.40 bits per heavy atom. The summed E-state index contributed by atoms with van der Waals surface area (Å²) in [5, 5.41) is 0. The molecule has 1 aromatic carbocycles. The number of carbonyl (C=O) groups is 3. The number of hydrogen-bond acceptors (Lipinski definition) is 4. The first-order valence-electron chi connectivity index (χ1n) is 10.4. The maximum absolute atomic E-state index is 13.3. The minimum Gasteiger partial charge on any atom is -0.339 e. The number of likely N-dealkylation sites (tertiary alicyclic amines) is 1. The standard InChI is InChI=1S/C23H26N4O3/c1-17(28)25-12-14-26(15-13-25)23(30)21-9-5-11-27(21)22(29)19-7-4-6-18(16-19)20-8-2-3-10-24-20/h2-4,6-8,10,16,21H,5,9,11-15H2,1H3. The van der Waals surface area contributed by atoms with Crippen molar-refractivity contribution in [2.45, 2.75) is 25.8 Å². The Balaban J connectivity index is 1.48. The molecule has 2 aliphatic rings. The molecule has 156 valence electrons. The highest BCUT2D eigenvalue weighted by molar-refractivity contribution is 5.98. The Bertz CT molecular complexity index is 938. The lowest BCUT2D eigenvalue weighted by atomic mass is 10.1. The average molecular weight is 406 g/mol. The summed E-state index contributed by atoms with van der Waals surface area (Å²) in [5.74, 6) is -0.0940. The van der Waals surface area contributed by atoms with Crippen molar-refractivity contribution in [2.24, 2.45) is 0 Å². The van der Waals surface area contributed by atoms with Crippen molar-refractivity contribution < 1.29 is 14.4 Å². The van der Waals surface area contributed by atoms with Gasteiger partial charge in [-0.1, -0.05) is 18.2 Å². The van der Waals surface area contributed by atoms with Crippen molar-refractivity contribution in [3.05, 3.63) is 54.2 Å². The molecule has 4 rings (SSSR count). The molecule has 7 nitrogen and oxygen atoms in total. The molecule has 3 amide bonds. The molecule has 1 atom stereocenters. The largest absolute Gasteiger partial charge is 0.339 e. The van der Waals surface area contributed by atoms with Crippen LogP contribution < -0.4 is 0 Å². The van der Waals surface area contributed by atoms with E-state index < -0.39 is 6.04 Å². The summed E-state index contributed by atoms with van der Waals surface area (Å²) in [6, 6.07) is 12.7. The first-order valence-corrected chi connectivity index (χ1v) is 10.4. The fraction of sp³-hybridized carbons (Fsp3) is 0.391. The van der Waals surface area contributed by atoms with Gasteiger partial charge in [0.15, 0.2) is 0 Å². The van der Waals surface area contributed by atoms with E-state index in [4.69, 9.17) is 0 Å². The van der Waals surface area contributed by atoms with E-state index in [0.717, 1.165) is 17.7 Å². The fourth-order valence-electron chi connectivity index (χ4n) is 4.23. The highest BCUT2D eigenvalue weighted by atomic mass is 16.2. The number of nitrogens with zero attached hydrogens (tertiary/aromatic N) is 4. The Morgan fingerprint density at radius 2 is 1.70 bits per heavy atom. The lowest BCUT2D eigenvalue weighted by Gasteiger charge is -2.37. The summed E-state index contributed by atoms with van der Waals surface area (Å²) in [5.41, 5.74) is 2.26. The highest BCUT2D eigenvalue weighted by Gasteiger charge is 2.37. The lowest BCUT2D eigenvalue weighted by molar-refractivity contribution is -0.141. The maximum Gasteiger partial charge on any atom is 0.254 e. The van der Waals surface area contributed by atoms with E-state index in [-0.39, 0.29) is 17.7 Å². The van der Waals surface area contributed by atoms with Crippen molar-refractivity contribution in [1.82, 2.24) is 19.7 Å². The zero-order valence-electron chi connectivity index (χ0n) is 17.2. The first-order chi connectivity index (χ1) is 14.5.